The fourth-order valence-corrected chi connectivity index (χ4v) is 1.74. The number of carbonyl (C=O) groups excluding carboxylic acids is 1. The molecule has 0 atom stereocenters. The molecule has 1 aromatic carbocycles. The zero-order chi connectivity index (χ0) is 15.4. The SMILES string of the molecule is CC(C)Oc1ccc(C(=O)Cn2ccnn2)cc1[N+](=O)[O-]. The first-order chi connectivity index (χ1) is 9.97. The summed E-state index contributed by atoms with van der Waals surface area (Å²) < 4.78 is 6.72. The molecule has 8 nitrogen and oxygen atoms in total. The van der Waals surface area contributed by atoms with Gasteiger partial charge in [-0.1, -0.05) is 5.21 Å². The molecule has 0 unspecified atom stereocenters. The van der Waals surface area contributed by atoms with E-state index >= 15 is 0 Å². The van der Waals surface area contributed by atoms with E-state index in [1.54, 1.807) is 20.0 Å². The van der Waals surface area contributed by atoms with Crippen LogP contribution in [0.4, 0.5) is 5.69 Å². The molecule has 0 bridgehead atoms. The molecule has 8 heteroatoms. The van der Waals surface area contributed by atoms with E-state index in [4.69, 9.17) is 4.74 Å². The third-order valence-electron chi connectivity index (χ3n) is 2.62. The molecule has 0 aliphatic rings. The smallest absolute Gasteiger partial charge is 0.311 e. The zero-order valence-electron chi connectivity index (χ0n) is 11.6. The maximum Gasteiger partial charge on any atom is 0.311 e. The Morgan fingerprint density at radius 2 is 2.24 bits per heavy atom. The van der Waals surface area contributed by atoms with E-state index in [0.29, 0.717) is 0 Å². The molecule has 0 radical (unpaired) electrons. The highest BCUT2D eigenvalue weighted by Gasteiger charge is 2.19. The quantitative estimate of drug-likeness (QED) is 0.457. The van der Waals surface area contributed by atoms with Gasteiger partial charge in [-0.05, 0) is 26.0 Å². The van der Waals surface area contributed by atoms with Gasteiger partial charge in [0.05, 0.1) is 17.2 Å². The maximum atomic E-state index is 12.1. The summed E-state index contributed by atoms with van der Waals surface area (Å²) in [5, 5.41) is 18.4. The van der Waals surface area contributed by atoms with Crippen molar-refractivity contribution in [3.63, 3.8) is 0 Å². The highest BCUT2D eigenvalue weighted by Crippen LogP contribution is 2.29. The number of ketones is 1. The molecule has 0 N–H and O–H groups in total. The molecule has 0 spiro atoms. The average molecular weight is 290 g/mol. The summed E-state index contributed by atoms with van der Waals surface area (Å²) in [6.45, 7) is 3.52. The van der Waals surface area contributed by atoms with E-state index in [9.17, 15) is 14.9 Å². The van der Waals surface area contributed by atoms with E-state index in [1.165, 1.54) is 29.1 Å². The van der Waals surface area contributed by atoms with Crippen LogP contribution in [-0.2, 0) is 6.54 Å². The lowest BCUT2D eigenvalue weighted by atomic mass is 10.1. The minimum absolute atomic E-state index is 0.0263. The van der Waals surface area contributed by atoms with Gasteiger partial charge in [0.15, 0.2) is 11.5 Å². The molecule has 1 heterocycles. The third kappa shape index (κ3) is 3.62. The number of hydrogen-bond acceptors (Lipinski definition) is 6. The van der Waals surface area contributed by atoms with Crippen molar-refractivity contribution in [2.24, 2.45) is 0 Å². The predicted octanol–water partition coefficient (Wildman–Crippen LogP) is 1.86. The van der Waals surface area contributed by atoms with Gasteiger partial charge in [0.25, 0.3) is 0 Å². The number of nitro groups is 1. The first-order valence-corrected chi connectivity index (χ1v) is 6.29. The lowest BCUT2D eigenvalue weighted by Gasteiger charge is -2.10. The van der Waals surface area contributed by atoms with Crippen molar-refractivity contribution in [1.29, 1.82) is 0 Å². The summed E-state index contributed by atoms with van der Waals surface area (Å²) >= 11 is 0. The Labute approximate surface area is 120 Å². The Morgan fingerprint density at radius 1 is 1.48 bits per heavy atom. The van der Waals surface area contributed by atoms with Gasteiger partial charge >= 0.3 is 5.69 Å². The second kappa shape index (κ2) is 6.12. The lowest BCUT2D eigenvalue weighted by molar-refractivity contribution is -0.386. The van der Waals surface area contributed by atoms with Crippen molar-refractivity contribution in [3.8, 4) is 5.75 Å². The molecule has 0 aliphatic carbocycles. The normalized spacial score (nSPS) is 10.6. The number of Topliss-reactive ketones (excluding diaryl/α,β-unsaturated/α-hetero) is 1. The molecular formula is C13H14N4O4. The van der Waals surface area contributed by atoms with Crippen molar-refractivity contribution in [1.82, 2.24) is 15.0 Å². The lowest BCUT2D eigenvalue weighted by Crippen LogP contribution is -2.12. The van der Waals surface area contributed by atoms with Crippen LogP contribution in [0.25, 0.3) is 0 Å². The van der Waals surface area contributed by atoms with Gasteiger partial charge in [0, 0.05) is 17.8 Å². The van der Waals surface area contributed by atoms with E-state index in [0.717, 1.165) is 0 Å². The number of nitro benzene ring substituents is 1. The van der Waals surface area contributed by atoms with Crippen LogP contribution in [0.15, 0.2) is 30.6 Å². The van der Waals surface area contributed by atoms with Crippen LogP contribution in [0.3, 0.4) is 0 Å². The Bertz CT molecular complexity index is 652. The summed E-state index contributed by atoms with van der Waals surface area (Å²) in [7, 11) is 0. The van der Waals surface area contributed by atoms with Gasteiger partial charge in [-0.25, -0.2) is 4.68 Å². The Balaban J connectivity index is 2.26. The average Bonchev–Trinajstić information content (AvgIpc) is 2.91. The first-order valence-electron chi connectivity index (χ1n) is 6.29. The van der Waals surface area contributed by atoms with Crippen molar-refractivity contribution < 1.29 is 14.5 Å². The van der Waals surface area contributed by atoms with Crippen LogP contribution in [0.2, 0.25) is 0 Å². The standard InChI is InChI=1S/C13H14N4O4/c1-9(2)21-13-4-3-10(7-11(13)17(19)20)12(18)8-16-6-5-14-15-16/h3-7,9H,8H2,1-2H3. The van der Waals surface area contributed by atoms with Gasteiger partial charge in [-0.3, -0.25) is 14.9 Å². The molecule has 0 amide bonds. The molecule has 2 aromatic rings. The Hall–Kier alpha value is -2.77. The van der Waals surface area contributed by atoms with Gasteiger partial charge < -0.3 is 4.74 Å². The highest BCUT2D eigenvalue weighted by atomic mass is 16.6. The number of nitrogens with zero attached hydrogens (tertiary/aromatic N) is 4. The second-order valence-electron chi connectivity index (χ2n) is 4.63. The number of benzene rings is 1. The van der Waals surface area contributed by atoms with Gasteiger partial charge in [-0.2, -0.15) is 0 Å². The van der Waals surface area contributed by atoms with Crippen molar-refractivity contribution >= 4 is 11.5 Å². The van der Waals surface area contributed by atoms with Crippen LogP contribution in [0, 0.1) is 10.1 Å². The summed E-state index contributed by atoms with van der Waals surface area (Å²) in [4.78, 5) is 22.6. The summed E-state index contributed by atoms with van der Waals surface area (Å²) in [6.07, 6.45) is 2.80. The molecule has 1 aromatic heterocycles. The summed E-state index contributed by atoms with van der Waals surface area (Å²) in [5.41, 5.74) is 0.00134. The molecule has 21 heavy (non-hydrogen) atoms. The second-order valence-corrected chi connectivity index (χ2v) is 4.63. The van der Waals surface area contributed by atoms with E-state index < -0.39 is 4.92 Å². The number of hydrogen-bond donors (Lipinski definition) is 0. The summed E-state index contributed by atoms with van der Waals surface area (Å²) in [6, 6.07) is 4.16. The van der Waals surface area contributed by atoms with Crippen LogP contribution in [-0.4, -0.2) is 31.8 Å². The van der Waals surface area contributed by atoms with E-state index in [-0.39, 0.29) is 35.4 Å². The molecule has 0 fully saturated rings. The molecule has 0 aliphatic heterocycles. The van der Waals surface area contributed by atoms with Gasteiger partial charge in [0.2, 0.25) is 0 Å². The van der Waals surface area contributed by atoms with E-state index in [2.05, 4.69) is 10.3 Å². The Kier molecular flexibility index (Phi) is 4.27. The number of aromatic nitrogens is 3. The van der Waals surface area contributed by atoms with Gasteiger partial charge in [0.1, 0.15) is 6.54 Å². The monoisotopic (exact) mass is 290 g/mol. The topological polar surface area (TPSA) is 100 Å². The maximum absolute atomic E-state index is 12.1. The molecule has 0 saturated carbocycles. The first kappa shape index (κ1) is 14.6. The minimum Gasteiger partial charge on any atom is -0.484 e. The van der Waals surface area contributed by atoms with Crippen LogP contribution in [0.5, 0.6) is 5.75 Å². The van der Waals surface area contributed by atoms with Crippen molar-refractivity contribution in [3.05, 3.63) is 46.3 Å². The number of ether oxygens (including phenoxy) is 1. The predicted molar refractivity (Wildman–Crippen MR) is 73.2 cm³/mol. The van der Waals surface area contributed by atoms with E-state index in [1.807, 2.05) is 0 Å². The molecule has 110 valence electrons. The molecule has 2 rings (SSSR count). The largest absolute Gasteiger partial charge is 0.484 e. The third-order valence-corrected chi connectivity index (χ3v) is 2.62. The van der Waals surface area contributed by atoms with Crippen molar-refractivity contribution in [2.75, 3.05) is 0 Å². The van der Waals surface area contributed by atoms with Crippen molar-refractivity contribution in [2.45, 2.75) is 26.5 Å². The fraction of sp³-hybridized carbons (Fsp3) is 0.308. The highest BCUT2D eigenvalue weighted by molar-refractivity contribution is 5.96. The Morgan fingerprint density at radius 3 is 2.81 bits per heavy atom. The minimum atomic E-state index is -0.566. The van der Waals surface area contributed by atoms with Crippen LogP contribution in [0.1, 0.15) is 24.2 Å². The molecular weight excluding hydrogens is 276 g/mol. The molecule has 0 saturated heterocycles. The number of rotatable bonds is 6. The van der Waals surface area contributed by atoms with Crippen LogP contribution < -0.4 is 4.74 Å². The summed E-state index contributed by atoms with van der Waals surface area (Å²) in [5.74, 6) is -0.146. The fourth-order valence-electron chi connectivity index (χ4n) is 1.74. The van der Waals surface area contributed by atoms with Crippen LogP contribution >= 0.6 is 0 Å². The number of carbonyl (C=O) groups is 1. The zero-order valence-corrected chi connectivity index (χ0v) is 11.6. The van der Waals surface area contributed by atoms with Gasteiger partial charge in [-0.15, -0.1) is 5.10 Å².